The molecule has 1 unspecified atom stereocenters. The molecule has 3 N–H and O–H groups in total. The second-order valence-electron chi connectivity index (χ2n) is 7.92. The molecule has 1 aromatic rings. The van der Waals surface area contributed by atoms with Crippen molar-refractivity contribution in [1.82, 2.24) is 20.9 Å². The zero-order valence-corrected chi connectivity index (χ0v) is 22.0. The fourth-order valence-corrected chi connectivity index (χ4v) is 3.42. The van der Waals surface area contributed by atoms with E-state index in [1.54, 1.807) is 17.0 Å². The summed E-state index contributed by atoms with van der Waals surface area (Å²) in [6, 6.07) is 7.42. The van der Waals surface area contributed by atoms with E-state index in [0.29, 0.717) is 31.1 Å². The molecule has 0 radical (unpaired) electrons. The summed E-state index contributed by atoms with van der Waals surface area (Å²) in [6.45, 7) is 12.4. The Balaban J connectivity index is 0.00000512. The van der Waals surface area contributed by atoms with Crippen molar-refractivity contribution in [2.75, 3.05) is 39.3 Å². The van der Waals surface area contributed by atoms with Gasteiger partial charge in [-0.3, -0.25) is 9.59 Å². The fourth-order valence-electron chi connectivity index (χ4n) is 3.42. The third kappa shape index (κ3) is 9.32. The minimum Gasteiger partial charge on any atom is -0.378 e. The summed E-state index contributed by atoms with van der Waals surface area (Å²) in [6.07, 6.45) is 1.15. The maximum Gasteiger partial charge on any atom is 0.254 e. The first-order valence-electron chi connectivity index (χ1n) is 11.2. The molecule has 0 aliphatic carbocycles. The van der Waals surface area contributed by atoms with Crippen molar-refractivity contribution >= 4 is 41.8 Å². The Hall–Kier alpha value is -1.88. The minimum absolute atomic E-state index is 0. The lowest BCUT2D eigenvalue weighted by Crippen LogP contribution is -2.49. The first-order chi connectivity index (χ1) is 14.9. The Morgan fingerprint density at radius 1 is 1.22 bits per heavy atom. The molecule has 8 nitrogen and oxygen atoms in total. The molecule has 0 bridgehead atoms. The number of carbonyl (C=O) groups excluding carboxylic acids is 2. The molecule has 1 aliphatic rings. The molecule has 1 aliphatic heterocycles. The number of benzene rings is 1. The lowest BCUT2D eigenvalue weighted by Gasteiger charge is -2.26. The van der Waals surface area contributed by atoms with Crippen LogP contribution in [-0.2, 0) is 16.1 Å². The Kier molecular flexibility index (Phi) is 13.2. The van der Waals surface area contributed by atoms with Crippen molar-refractivity contribution in [1.29, 1.82) is 0 Å². The molecule has 1 fully saturated rings. The van der Waals surface area contributed by atoms with Gasteiger partial charge in [0.25, 0.3) is 5.91 Å². The van der Waals surface area contributed by atoms with Crippen LogP contribution in [0.2, 0.25) is 0 Å². The Bertz CT molecular complexity index is 740. The van der Waals surface area contributed by atoms with Gasteiger partial charge >= 0.3 is 0 Å². The van der Waals surface area contributed by atoms with Crippen molar-refractivity contribution in [3.05, 3.63) is 35.4 Å². The summed E-state index contributed by atoms with van der Waals surface area (Å²) in [5.41, 5.74) is 1.60. The monoisotopic (exact) mass is 559 g/mol. The second-order valence-corrected chi connectivity index (χ2v) is 7.92. The molecule has 1 saturated heterocycles. The van der Waals surface area contributed by atoms with Crippen LogP contribution in [0.15, 0.2) is 29.3 Å². The van der Waals surface area contributed by atoms with Gasteiger partial charge in [0.2, 0.25) is 5.91 Å². The second kappa shape index (κ2) is 15.0. The topological polar surface area (TPSA) is 95.1 Å². The lowest BCUT2D eigenvalue weighted by molar-refractivity contribution is -0.123. The number of halogens is 1. The molecule has 9 heteroatoms. The number of ether oxygens (including phenoxy) is 1. The van der Waals surface area contributed by atoms with E-state index >= 15 is 0 Å². The van der Waals surface area contributed by atoms with Crippen LogP contribution in [0.3, 0.4) is 0 Å². The number of hydrogen-bond acceptors (Lipinski definition) is 4. The highest BCUT2D eigenvalue weighted by atomic mass is 127. The molecule has 2 rings (SSSR count). The van der Waals surface area contributed by atoms with Crippen LogP contribution in [-0.4, -0.2) is 68.1 Å². The Morgan fingerprint density at radius 3 is 2.53 bits per heavy atom. The highest BCUT2D eigenvalue weighted by Crippen LogP contribution is 2.11. The van der Waals surface area contributed by atoms with Crippen molar-refractivity contribution in [3.63, 3.8) is 0 Å². The molecular formula is C23H38IN5O3. The van der Waals surface area contributed by atoms with Gasteiger partial charge in [-0.25, -0.2) is 4.99 Å². The van der Waals surface area contributed by atoms with Gasteiger partial charge in [0.05, 0.1) is 19.2 Å². The van der Waals surface area contributed by atoms with E-state index in [-0.39, 0.29) is 48.4 Å². The van der Waals surface area contributed by atoms with Crippen molar-refractivity contribution < 1.29 is 14.3 Å². The number of guanidine groups is 1. The van der Waals surface area contributed by atoms with Crippen LogP contribution in [0.5, 0.6) is 0 Å². The van der Waals surface area contributed by atoms with Gasteiger partial charge < -0.3 is 25.6 Å². The van der Waals surface area contributed by atoms with Crippen molar-refractivity contribution in [2.45, 2.75) is 46.8 Å². The van der Waals surface area contributed by atoms with E-state index in [1.165, 1.54) is 0 Å². The Morgan fingerprint density at radius 2 is 1.94 bits per heavy atom. The SMILES string of the molecule is CCNC(=NCc1ccc(C(=O)N2CCNC(=O)C2)cc1)NCCC(OCC)C(C)C.I. The maximum atomic E-state index is 12.6. The van der Waals surface area contributed by atoms with E-state index in [0.717, 1.165) is 37.6 Å². The van der Waals surface area contributed by atoms with Gasteiger partial charge in [-0.15, -0.1) is 24.0 Å². The van der Waals surface area contributed by atoms with Crippen molar-refractivity contribution in [3.8, 4) is 0 Å². The van der Waals surface area contributed by atoms with Crippen LogP contribution >= 0.6 is 24.0 Å². The lowest BCUT2D eigenvalue weighted by atomic mass is 10.0. The van der Waals surface area contributed by atoms with Gasteiger partial charge in [-0.1, -0.05) is 26.0 Å². The molecular weight excluding hydrogens is 521 g/mol. The molecule has 0 saturated carbocycles. The zero-order chi connectivity index (χ0) is 22.6. The molecule has 1 heterocycles. The van der Waals surface area contributed by atoms with E-state index < -0.39 is 0 Å². The van der Waals surface area contributed by atoms with Crippen LogP contribution in [0.1, 0.15) is 50.0 Å². The number of rotatable bonds is 10. The molecule has 0 spiro atoms. The molecule has 1 aromatic carbocycles. The van der Waals surface area contributed by atoms with Crippen LogP contribution < -0.4 is 16.0 Å². The fraction of sp³-hybridized carbons (Fsp3) is 0.609. The number of piperazine rings is 1. The van der Waals surface area contributed by atoms with Gasteiger partial charge in [0.1, 0.15) is 0 Å². The number of nitrogens with one attached hydrogen (secondary N) is 3. The number of hydrogen-bond donors (Lipinski definition) is 3. The third-order valence-electron chi connectivity index (χ3n) is 5.14. The smallest absolute Gasteiger partial charge is 0.254 e. The summed E-state index contributed by atoms with van der Waals surface area (Å²) in [5, 5.41) is 9.37. The number of carbonyl (C=O) groups is 2. The molecule has 32 heavy (non-hydrogen) atoms. The molecule has 180 valence electrons. The van der Waals surface area contributed by atoms with Crippen LogP contribution in [0.25, 0.3) is 0 Å². The normalized spacial score (nSPS) is 15.1. The first kappa shape index (κ1) is 28.2. The van der Waals surface area contributed by atoms with Crippen LogP contribution in [0, 0.1) is 5.92 Å². The predicted molar refractivity (Wildman–Crippen MR) is 138 cm³/mol. The van der Waals surface area contributed by atoms with Crippen molar-refractivity contribution in [2.24, 2.45) is 10.9 Å². The number of aliphatic imine (C=N–C) groups is 1. The van der Waals surface area contributed by atoms with E-state index in [1.807, 2.05) is 26.0 Å². The molecule has 0 aromatic heterocycles. The summed E-state index contributed by atoms with van der Waals surface area (Å²) < 4.78 is 5.80. The van der Waals surface area contributed by atoms with Crippen LogP contribution in [0.4, 0.5) is 0 Å². The molecule has 1 atom stereocenters. The zero-order valence-electron chi connectivity index (χ0n) is 19.6. The minimum atomic E-state index is -0.117. The predicted octanol–water partition coefficient (Wildman–Crippen LogP) is 2.38. The quantitative estimate of drug-likeness (QED) is 0.233. The highest BCUT2D eigenvalue weighted by Gasteiger charge is 2.22. The van der Waals surface area contributed by atoms with Gasteiger partial charge in [-0.2, -0.15) is 0 Å². The largest absolute Gasteiger partial charge is 0.378 e. The summed E-state index contributed by atoms with van der Waals surface area (Å²) in [7, 11) is 0. The third-order valence-corrected chi connectivity index (χ3v) is 5.14. The van der Waals surface area contributed by atoms with E-state index in [4.69, 9.17) is 4.74 Å². The summed E-state index contributed by atoms with van der Waals surface area (Å²) >= 11 is 0. The van der Waals surface area contributed by atoms with Gasteiger partial charge in [-0.05, 0) is 43.9 Å². The highest BCUT2D eigenvalue weighted by molar-refractivity contribution is 14.0. The average Bonchev–Trinajstić information content (AvgIpc) is 2.76. The van der Waals surface area contributed by atoms with Gasteiger partial charge in [0, 0.05) is 38.3 Å². The van der Waals surface area contributed by atoms with E-state index in [2.05, 4.69) is 34.8 Å². The summed E-state index contributed by atoms with van der Waals surface area (Å²) in [4.78, 5) is 30.3. The Labute approximate surface area is 209 Å². The number of amides is 2. The summed E-state index contributed by atoms with van der Waals surface area (Å²) in [5.74, 6) is 1.01. The van der Waals surface area contributed by atoms with E-state index in [9.17, 15) is 9.59 Å². The standard InChI is InChI=1S/C23H37N5O3.HI/c1-5-24-23(26-12-11-20(17(3)4)31-6-2)27-15-18-7-9-19(10-8-18)22(30)28-14-13-25-21(29)16-28;/h7-10,17,20H,5-6,11-16H2,1-4H3,(H,25,29)(H2,24,26,27);1H. The maximum absolute atomic E-state index is 12.6. The first-order valence-corrected chi connectivity index (χ1v) is 11.2. The van der Waals surface area contributed by atoms with Gasteiger partial charge in [0.15, 0.2) is 5.96 Å². The molecule has 2 amide bonds. The number of nitrogens with zero attached hydrogens (tertiary/aromatic N) is 2. The average molecular weight is 559 g/mol.